The fourth-order valence-corrected chi connectivity index (χ4v) is 4.26. The van der Waals surface area contributed by atoms with Crippen molar-refractivity contribution >= 4 is 11.7 Å². The van der Waals surface area contributed by atoms with Crippen LogP contribution in [0.5, 0.6) is 5.88 Å². The highest BCUT2D eigenvalue weighted by molar-refractivity contribution is 5.75. The fourth-order valence-electron chi connectivity index (χ4n) is 4.26. The first-order valence-corrected chi connectivity index (χ1v) is 10.3. The van der Waals surface area contributed by atoms with Crippen LogP contribution in [0, 0.1) is 31.1 Å². The van der Waals surface area contributed by atoms with Gasteiger partial charge in [0.15, 0.2) is 0 Å². The van der Waals surface area contributed by atoms with Crippen molar-refractivity contribution in [2.75, 3.05) is 11.9 Å². The van der Waals surface area contributed by atoms with Gasteiger partial charge in [-0.05, 0) is 72.1 Å². The largest absolute Gasteiger partial charge is 0.470 e. The Hall–Kier alpha value is -2.11. The molecule has 0 unspecified atom stereocenters. The maximum absolute atomic E-state index is 12.1. The molecule has 154 valence electrons. The minimum absolute atomic E-state index is 0.0736. The van der Waals surface area contributed by atoms with E-state index in [1.165, 1.54) is 0 Å². The number of nitrogens with one attached hydrogen (secondary N) is 1. The molecule has 6 nitrogen and oxygen atoms in total. The number of hydrogen-bond acceptors (Lipinski definition) is 6. The van der Waals surface area contributed by atoms with Crippen LogP contribution >= 0.6 is 0 Å². The zero-order chi connectivity index (χ0) is 20.5. The van der Waals surface area contributed by atoms with Crippen LogP contribution in [0.3, 0.4) is 0 Å². The molecule has 1 N–H and O–H groups in total. The van der Waals surface area contributed by atoms with Crippen LogP contribution in [0.2, 0.25) is 0 Å². The molecule has 0 spiro atoms. The smallest absolute Gasteiger partial charge is 0.311 e. The lowest BCUT2D eigenvalue weighted by molar-refractivity contribution is -0.153. The van der Waals surface area contributed by atoms with E-state index in [0.717, 1.165) is 42.9 Å². The van der Waals surface area contributed by atoms with Crippen molar-refractivity contribution in [1.29, 1.82) is 0 Å². The Bertz CT molecular complexity index is 741. The summed E-state index contributed by atoms with van der Waals surface area (Å²) in [6.45, 7) is 13.8. The van der Waals surface area contributed by atoms with Crippen LogP contribution in [-0.2, 0) is 9.53 Å². The lowest BCUT2D eigenvalue weighted by Crippen LogP contribution is -2.44. The molecule has 0 saturated heterocycles. The average Bonchev–Trinajstić information content (AvgIpc) is 2.94. The Kier molecular flexibility index (Phi) is 5.96. The van der Waals surface area contributed by atoms with E-state index in [2.05, 4.69) is 21.9 Å². The van der Waals surface area contributed by atoms with Crippen LogP contribution in [0.4, 0.5) is 5.69 Å². The van der Waals surface area contributed by atoms with Gasteiger partial charge < -0.3 is 14.8 Å². The van der Waals surface area contributed by atoms with Gasteiger partial charge in [0.05, 0.1) is 23.8 Å². The van der Waals surface area contributed by atoms with Crippen LogP contribution in [0.1, 0.15) is 58.0 Å². The second-order valence-corrected chi connectivity index (χ2v) is 9.09. The Morgan fingerprint density at radius 3 is 2.71 bits per heavy atom. The van der Waals surface area contributed by atoms with Gasteiger partial charge in [-0.2, -0.15) is 4.98 Å². The van der Waals surface area contributed by atoms with Crippen LogP contribution < -0.4 is 10.1 Å². The summed E-state index contributed by atoms with van der Waals surface area (Å²) in [4.78, 5) is 21.0. The van der Waals surface area contributed by atoms with Crippen LogP contribution in [0.25, 0.3) is 0 Å². The number of aryl methyl sites for hydroxylation is 2. The molecule has 2 heterocycles. The quantitative estimate of drug-likeness (QED) is 0.582. The van der Waals surface area contributed by atoms with Gasteiger partial charge in [-0.3, -0.25) is 4.79 Å². The van der Waals surface area contributed by atoms with Gasteiger partial charge in [-0.15, -0.1) is 6.58 Å². The highest BCUT2D eigenvalue weighted by Crippen LogP contribution is 2.45. The first-order chi connectivity index (χ1) is 13.2. The second kappa shape index (κ2) is 8.10. The third kappa shape index (κ3) is 4.31. The lowest BCUT2D eigenvalue weighted by Gasteiger charge is -2.35. The molecule has 0 radical (unpaired) electrons. The molecule has 0 bridgehead atoms. The van der Waals surface area contributed by atoms with E-state index < -0.39 is 5.41 Å². The molecule has 0 aromatic carbocycles. The number of anilines is 1. The van der Waals surface area contributed by atoms with Crippen molar-refractivity contribution in [3.8, 4) is 5.88 Å². The molecule has 28 heavy (non-hydrogen) atoms. The third-order valence-corrected chi connectivity index (χ3v) is 5.73. The van der Waals surface area contributed by atoms with Crippen molar-refractivity contribution in [3.05, 3.63) is 24.2 Å². The van der Waals surface area contributed by atoms with E-state index >= 15 is 0 Å². The average molecular weight is 388 g/mol. The SMILES string of the molecule is C=CCC[C@H]1C[C@H](CCOC(=O)C(C)(C)C)[C@@H]2Nc3c(C)nc(C)nc3O[C@@H]12. The normalized spacial score (nSPS) is 25.9. The zero-order valence-corrected chi connectivity index (χ0v) is 17.7. The maximum Gasteiger partial charge on any atom is 0.311 e. The van der Waals surface area contributed by atoms with Crippen LogP contribution in [0.15, 0.2) is 12.7 Å². The molecule has 4 atom stereocenters. The van der Waals surface area contributed by atoms with Crippen molar-refractivity contribution < 1.29 is 14.3 Å². The molecule has 1 fully saturated rings. The van der Waals surface area contributed by atoms with Gasteiger partial charge in [0, 0.05) is 0 Å². The number of allylic oxidation sites excluding steroid dienone is 1. The van der Waals surface area contributed by atoms with E-state index in [9.17, 15) is 4.79 Å². The molecule has 6 heteroatoms. The van der Waals surface area contributed by atoms with Gasteiger partial charge in [0.2, 0.25) is 5.88 Å². The number of carbonyl (C=O) groups is 1. The second-order valence-electron chi connectivity index (χ2n) is 9.09. The molecule has 0 amide bonds. The summed E-state index contributed by atoms with van der Waals surface area (Å²) in [5.74, 6) is 2.05. The molecule has 1 aliphatic carbocycles. The van der Waals surface area contributed by atoms with Gasteiger partial charge in [0.1, 0.15) is 17.6 Å². The maximum atomic E-state index is 12.1. The number of nitrogens with zero attached hydrogens (tertiary/aromatic N) is 2. The number of rotatable bonds is 6. The topological polar surface area (TPSA) is 73.3 Å². The van der Waals surface area contributed by atoms with Crippen molar-refractivity contribution in [3.63, 3.8) is 0 Å². The number of carbonyl (C=O) groups excluding carboxylic acids is 1. The molecule has 1 saturated carbocycles. The molecule has 2 aliphatic rings. The fraction of sp³-hybridized carbons (Fsp3) is 0.682. The van der Waals surface area contributed by atoms with Gasteiger partial charge in [0.25, 0.3) is 0 Å². The Balaban J connectivity index is 1.73. The van der Waals surface area contributed by atoms with E-state index in [4.69, 9.17) is 9.47 Å². The highest BCUT2D eigenvalue weighted by atomic mass is 16.5. The minimum Gasteiger partial charge on any atom is -0.470 e. The van der Waals surface area contributed by atoms with E-state index in [0.29, 0.717) is 24.3 Å². The predicted octanol–water partition coefficient (Wildman–Crippen LogP) is 4.22. The summed E-state index contributed by atoms with van der Waals surface area (Å²) in [6.07, 6.45) is 5.92. The lowest BCUT2D eigenvalue weighted by atomic mass is 9.96. The number of fused-ring (bicyclic) bond motifs is 2. The number of esters is 1. The predicted molar refractivity (Wildman–Crippen MR) is 109 cm³/mol. The number of ether oxygens (including phenoxy) is 2. The zero-order valence-electron chi connectivity index (χ0n) is 17.7. The molecular weight excluding hydrogens is 354 g/mol. The van der Waals surface area contributed by atoms with Crippen LogP contribution in [-0.4, -0.2) is 34.7 Å². The molecule has 1 aromatic rings. The minimum atomic E-state index is -0.470. The molecule has 1 aromatic heterocycles. The summed E-state index contributed by atoms with van der Waals surface area (Å²) < 4.78 is 11.9. The van der Waals surface area contributed by atoms with Crippen molar-refractivity contribution in [2.24, 2.45) is 17.3 Å². The van der Waals surface area contributed by atoms with Gasteiger partial charge in [-0.1, -0.05) is 6.08 Å². The summed E-state index contributed by atoms with van der Waals surface area (Å²) in [7, 11) is 0. The van der Waals surface area contributed by atoms with Crippen molar-refractivity contribution in [1.82, 2.24) is 9.97 Å². The summed E-state index contributed by atoms with van der Waals surface area (Å²) >= 11 is 0. The van der Waals surface area contributed by atoms with Gasteiger partial charge in [-0.25, -0.2) is 4.98 Å². The monoisotopic (exact) mass is 387 g/mol. The van der Waals surface area contributed by atoms with E-state index in [1.54, 1.807) is 0 Å². The Morgan fingerprint density at radius 1 is 1.29 bits per heavy atom. The van der Waals surface area contributed by atoms with E-state index in [-0.39, 0.29) is 18.1 Å². The number of aromatic nitrogens is 2. The summed E-state index contributed by atoms with van der Waals surface area (Å²) in [5, 5.41) is 3.66. The summed E-state index contributed by atoms with van der Waals surface area (Å²) in [5.41, 5.74) is 1.34. The molecule has 3 rings (SSSR count). The summed E-state index contributed by atoms with van der Waals surface area (Å²) in [6, 6.07) is 0.181. The van der Waals surface area contributed by atoms with Gasteiger partial charge >= 0.3 is 5.97 Å². The molecule has 1 aliphatic heterocycles. The Labute approximate surface area is 168 Å². The third-order valence-electron chi connectivity index (χ3n) is 5.73. The molecular formula is C22H33N3O3. The standard InChI is InChI=1S/C22H33N3O3/c1-7-8-9-16-12-15(10-11-27-21(26)22(4,5)6)18-19(16)28-20-17(25-18)13(2)23-14(3)24-20/h7,15-16,18-19,25H,1,8-12H2,2-6H3/t15-,16-,18-,19-/m0/s1. The van der Waals surface area contributed by atoms with E-state index in [1.807, 2.05) is 40.7 Å². The highest BCUT2D eigenvalue weighted by Gasteiger charge is 2.47. The first-order valence-electron chi connectivity index (χ1n) is 10.3. The number of hydrogen-bond donors (Lipinski definition) is 1. The Morgan fingerprint density at radius 2 is 2.04 bits per heavy atom. The van der Waals surface area contributed by atoms with Crippen molar-refractivity contribution in [2.45, 2.75) is 72.4 Å². The first kappa shape index (κ1) is 20.6.